The zero-order valence-corrected chi connectivity index (χ0v) is 15.4. The molecule has 7 nitrogen and oxygen atoms in total. The van der Waals surface area contributed by atoms with E-state index in [9.17, 15) is 13.2 Å². The Morgan fingerprint density at radius 1 is 1.15 bits per heavy atom. The van der Waals surface area contributed by atoms with Crippen LogP contribution in [0.25, 0.3) is 0 Å². The lowest BCUT2D eigenvalue weighted by molar-refractivity contribution is -0.117. The van der Waals surface area contributed by atoms with Gasteiger partial charge in [-0.2, -0.15) is 4.31 Å². The van der Waals surface area contributed by atoms with Crippen molar-refractivity contribution in [3.63, 3.8) is 0 Å². The number of hydrogen-bond donors (Lipinski definition) is 0. The average Bonchev–Trinajstić information content (AvgIpc) is 3.35. The van der Waals surface area contributed by atoms with Gasteiger partial charge < -0.3 is 9.42 Å². The zero-order valence-electron chi connectivity index (χ0n) is 14.6. The highest BCUT2D eigenvalue weighted by Crippen LogP contribution is 2.36. The van der Waals surface area contributed by atoms with Crippen LogP contribution in [0.1, 0.15) is 43.2 Å². The number of anilines is 1. The second-order valence-corrected chi connectivity index (χ2v) is 8.67. The molecule has 0 N–H and O–H groups in total. The van der Waals surface area contributed by atoms with E-state index in [1.54, 1.807) is 42.2 Å². The van der Waals surface area contributed by atoms with Crippen molar-refractivity contribution in [3.05, 3.63) is 41.8 Å². The summed E-state index contributed by atoms with van der Waals surface area (Å²) >= 11 is 0. The fraction of sp³-hybridized carbons (Fsp3) is 0.444. The van der Waals surface area contributed by atoms with Crippen LogP contribution >= 0.6 is 0 Å². The van der Waals surface area contributed by atoms with Crippen molar-refractivity contribution < 1.29 is 17.7 Å². The van der Waals surface area contributed by atoms with Gasteiger partial charge in [0.25, 0.3) is 0 Å². The topological polar surface area (TPSA) is 83.7 Å². The van der Waals surface area contributed by atoms with Gasteiger partial charge in [-0.05, 0) is 50.5 Å². The first-order chi connectivity index (χ1) is 12.5. The summed E-state index contributed by atoms with van der Waals surface area (Å²) in [5.41, 5.74) is 1.40. The monoisotopic (exact) mass is 375 g/mol. The number of nitrogens with zero attached hydrogens (tertiary/aromatic N) is 3. The van der Waals surface area contributed by atoms with Crippen LogP contribution in [0.5, 0.6) is 0 Å². The fourth-order valence-electron chi connectivity index (χ4n) is 3.72. The minimum absolute atomic E-state index is 0.0848. The lowest BCUT2D eigenvalue weighted by Gasteiger charge is -2.23. The molecule has 138 valence electrons. The highest BCUT2D eigenvalue weighted by Gasteiger charge is 2.37. The van der Waals surface area contributed by atoms with Crippen LogP contribution in [0.3, 0.4) is 0 Å². The van der Waals surface area contributed by atoms with Gasteiger partial charge in [-0.25, -0.2) is 8.42 Å². The molecule has 2 saturated heterocycles. The molecule has 1 amide bonds. The molecule has 3 heterocycles. The molecular weight excluding hydrogens is 354 g/mol. The Balaban J connectivity index is 1.60. The van der Waals surface area contributed by atoms with Crippen molar-refractivity contribution in [2.75, 3.05) is 18.0 Å². The number of carbonyl (C=O) groups excluding carboxylic acids is 1. The Morgan fingerprint density at radius 3 is 2.54 bits per heavy atom. The Morgan fingerprint density at radius 2 is 1.92 bits per heavy atom. The van der Waals surface area contributed by atoms with Gasteiger partial charge in [-0.1, -0.05) is 5.16 Å². The lowest BCUT2D eigenvalue weighted by atomic mass is 10.1. The summed E-state index contributed by atoms with van der Waals surface area (Å²) in [7, 11) is -3.63. The third-order valence-electron chi connectivity index (χ3n) is 5.02. The van der Waals surface area contributed by atoms with Gasteiger partial charge in [-0.15, -0.1) is 0 Å². The molecule has 0 unspecified atom stereocenters. The van der Waals surface area contributed by atoms with Gasteiger partial charge in [0.05, 0.1) is 10.9 Å². The molecule has 2 fully saturated rings. The SMILES string of the molecule is Cc1cc([C@@H]2CCCN2S(=O)(=O)c2ccc(N3CCCC3=O)cc2)no1. The molecule has 0 bridgehead atoms. The molecule has 4 rings (SSSR count). The van der Waals surface area contributed by atoms with Crippen molar-refractivity contribution in [1.29, 1.82) is 0 Å². The summed E-state index contributed by atoms with van der Waals surface area (Å²) in [6, 6.07) is 8.08. The fourth-order valence-corrected chi connectivity index (χ4v) is 5.39. The quantitative estimate of drug-likeness (QED) is 0.820. The molecule has 1 aromatic carbocycles. The van der Waals surface area contributed by atoms with Gasteiger partial charge in [0.1, 0.15) is 11.5 Å². The molecule has 0 aliphatic carbocycles. The molecule has 1 atom stereocenters. The van der Waals surface area contributed by atoms with Crippen LogP contribution in [0.15, 0.2) is 39.8 Å². The predicted molar refractivity (Wildman–Crippen MR) is 95.1 cm³/mol. The number of benzene rings is 1. The Kier molecular flexibility index (Phi) is 4.32. The molecule has 8 heteroatoms. The highest BCUT2D eigenvalue weighted by atomic mass is 32.2. The smallest absolute Gasteiger partial charge is 0.243 e. The summed E-state index contributed by atoms with van der Waals surface area (Å²) in [6.07, 6.45) is 2.90. The van der Waals surface area contributed by atoms with Crippen LogP contribution in [0.2, 0.25) is 0 Å². The Hall–Kier alpha value is -2.19. The van der Waals surface area contributed by atoms with Crippen molar-refractivity contribution >= 4 is 21.6 Å². The number of aryl methyl sites for hydroxylation is 1. The van der Waals surface area contributed by atoms with E-state index in [-0.39, 0.29) is 16.8 Å². The van der Waals surface area contributed by atoms with Crippen LogP contribution in [0, 0.1) is 6.92 Å². The van der Waals surface area contributed by atoms with Crippen molar-refractivity contribution in [2.24, 2.45) is 0 Å². The largest absolute Gasteiger partial charge is 0.361 e. The summed E-state index contributed by atoms with van der Waals surface area (Å²) < 4.78 is 32.8. The maximum Gasteiger partial charge on any atom is 0.243 e. The summed E-state index contributed by atoms with van der Waals surface area (Å²) in [5.74, 6) is 0.755. The number of hydrogen-bond acceptors (Lipinski definition) is 5. The summed E-state index contributed by atoms with van der Waals surface area (Å²) in [6.45, 7) is 2.94. The summed E-state index contributed by atoms with van der Waals surface area (Å²) in [5, 5.41) is 4.00. The second-order valence-electron chi connectivity index (χ2n) is 6.78. The maximum atomic E-state index is 13.1. The molecule has 0 spiro atoms. The third-order valence-corrected chi connectivity index (χ3v) is 6.94. The molecule has 0 saturated carbocycles. The molecular formula is C18H21N3O4S. The van der Waals surface area contributed by atoms with Crippen molar-refractivity contribution in [3.8, 4) is 0 Å². The standard InChI is InChI=1S/C18H21N3O4S/c1-13-12-16(19-25-13)17-4-2-11-21(17)26(23,24)15-8-6-14(7-9-15)20-10-3-5-18(20)22/h6-9,12,17H,2-5,10-11H2,1H3/t17-/m0/s1. The van der Waals surface area contributed by atoms with Gasteiger partial charge in [0.2, 0.25) is 15.9 Å². The van der Waals surface area contributed by atoms with Crippen LogP contribution in [-0.2, 0) is 14.8 Å². The minimum atomic E-state index is -3.63. The predicted octanol–water partition coefficient (Wildman–Crippen LogP) is 2.64. The number of aromatic nitrogens is 1. The van der Waals surface area contributed by atoms with Crippen molar-refractivity contribution in [1.82, 2.24) is 9.46 Å². The molecule has 2 aliphatic rings. The number of amides is 1. The summed E-state index contributed by atoms with van der Waals surface area (Å²) in [4.78, 5) is 13.8. The van der Waals surface area contributed by atoms with E-state index < -0.39 is 10.0 Å². The van der Waals surface area contributed by atoms with E-state index in [4.69, 9.17) is 4.52 Å². The average molecular weight is 375 g/mol. The van der Waals surface area contributed by atoms with Gasteiger partial charge in [0.15, 0.2) is 0 Å². The van der Waals surface area contributed by atoms with Crippen molar-refractivity contribution in [2.45, 2.75) is 43.5 Å². The van der Waals surface area contributed by atoms with E-state index in [2.05, 4.69) is 5.16 Å². The highest BCUT2D eigenvalue weighted by molar-refractivity contribution is 7.89. The first kappa shape index (κ1) is 17.2. The number of rotatable bonds is 4. The molecule has 26 heavy (non-hydrogen) atoms. The molecule has 1 aromatic heterocycles. The normalized spacial score (nSPS) is 21.7. The van der Waals surface area contributed by atoms with Gasteiger partial charge >= 0.3 is 0 Å². The number of carbonyl (C=O) groups is 1. The lowest BCUT2D eigenvalue weighted by Crippen LogP contribution is -2.31. The molecule has 0 radical (unpaired) electrons. The Labute approximate surface area is 152 Å². The van der Waals surface area contributed by atoms with E-state index in [1.165, 1.54) is 4.31 Å². The Bertz CT molecular complexity index is 920. The first-order valence-corrected chi connectivity index (χ1v) is 10.3. The van der Waals surface area contributed by atoms with E-state index >= 15 is 0 Å². The minimum Gasteiger partial charge on any atom is -0.361 e. The second kappa shape index (κ2) is 6.51. The van der Waals surface area contributed by atoms with Gasteiger partial charge in [0, 0.05) is 31.3 Å². The first-order valence-electron chi connectivity index (χ1n) is 8.82. The third kappa shape index (κ3) is 2.93. The number of sulfonamides is 1. The molecule has 2 aromatic rings. The maximum absolute atomic E-state index is 13.1. The van der Waals surface area contributed by atoms with E-state index in [1.807, 2.05) is 0 Å². The van der Waals surface area contributed by atoms with Gasteiger partial charge in [-0.3, -0.25) is 4.79 Å². The van der Waals surface area contributed by atoms with E-state index in [0.29, 0.717) is 31.0 Å². The van der Waals surface area contributed by atoms with Crippen LogP contribution < -0.4 is 4.90 Å². The zero-order chi connectivity index (χ0) is 18.3. The van der Waals surface area contributed by atoms with E-state index in [0.717, 1.165) is 24.9 Å². The van der Waals surface area contributed by atoms with Crippen LogP contribution in [0.4, 0.5) is 5.69 Å². The molecule has 2 aliphatic heterocycles. The van der Waals surface area contributed by atoms with Crippen LogP contribution in [-0.4, -0.2) is 36.9 Å².